The van der Waals surface area contributed by atoms with Gasteiger partial charge in [0, 0.05) is 17.1 Å². The van der Waals surface area contributed by atoms with Crippen LogP contribution < -0.4 is 4.74 Å². The van der Waals surface area contributed by atoms with E-state index in [1.807, 2.05) is 37.3 Å². The second kappa shape index (κ2) is 6.17. The Morgan fingerprint density at radius 3 is 2.74 bits per heavy atom. The fraction of sp³-hybridized carbons (Fsp3) is 0.267. The van der Waals surface area contributed by atoms with Crippen molar-refractivity contribution in [2.45, 2.75) is 19.4 Å². The largest absolute Gasteiger partial charge is 0.496 e. The predicted molar refractivity (Wildman–Crippen MR) is 78.3 cm³/mol. The van der Waals surface area contributed by atoms with E-state index >= 15 is 0 Å². The highest BCUT2D eigenvalue weighted by Gasteiger charge is 2.13. The number of methoxy groups -OCH3 is 1. The van der Waals surface area contributed by atoms with Crippen molar-refractivity contribution in [1.82, 2.24) is 4.98 Å². The van der Waals surface area contributed by atoms with E-state index in [0.29, 0.717) is 12.1 Å². The molecule has 1 N–H and O–H groups in total. The van der Waals surface area contributed by atoms with Crippen LogP contribution in [0.25, 0.3) is 0 Å². The summed E-state index contributed by atoms with van der Waals surface area (Å²) < 4.78 is 6.22. The van der Waals surface area contributed by atoms with E-state index in [1.165, 1.54) is 0 Å². The van der Waals surface area contributed by atoms with Crippen molar-refractivity contribution < 1.29 is 9.84 Å². The number of aromatic nitrogens is 1. The molecule has 0 amide bonds. The quantitative estimate of drug-likeness (QED) is 0.938. The lowest BCUT2D eigenvalue weighted by Crippen LogP contribution is -2.05. The molecule has 1 aromatic heterocycles. The van der Waals surface area contributed by atoms with Crippen LogP contribution in [0, 0.1) is 6.92 Å². The number of halogens is 1. The molecule has 1 heterocycles. The fourth-order valence-electron chi connectivity index (χ4n) is 1.96. The molecule has 0 fully saturated rings. The minimum absolute atomic E-state index is 0.486. The zero-order valence-corrected chi connectivity index (χ0v) is 12.5. The highest BCUT2D eigenvalue weighted by atomic mass is 79.9. The molecule has 0 bridgehead atoms. The van der Waals surface area contributed by atoms with Crippen LogP contribution in [0.2, 0.25) is 0 Å². The topological polar surface area (TPSA) is 42.4 Å². The zero-order chi connectivity index (χ0) is 13.8. The number of ether oxygens (including phenoxy) is 1. The first-order valence-corrected chi connectivity index (χ1v) is 6.82. The zero-order valence-electron chi connectivity index (χ0n) is 10.9. The normalized spacial score (nSPS) is 12.2. The van der Waals surface area contributed by atoms with Gasteiger partial charge < -0.3 is 9.84 Å². The number of hydrogen-bond donors (Lipinski definition) is 1. The van der Waals surface area contributed by atoms with Crippen molar-refractivity contribution in [3.8, 4) is 5.75 Å². The van der Waals surface area contributed by atoms with Crippen molar-refractivity contribution in [2.24, 2.45) is 0 Å². The Morgan fingerprint density at radius 2 is 2.11 bits per heavy atom. The molecular weight excluding hydrogens is 306 g/mol. The summed E-state index contributed by atoms with van der Waals surface area (Å²) in [5, 5.41) is 10.2. The van der Waals surface area contributed by atoms with Crippen molar-refractivity contribution in [1.29, 1.82) is 0 Å². The van der Waals surface area contributed by atoms with Crippen LogP contribution in [0.3, 0.4) is 0 Å². The third-order valence-corrected chi connectivity index (χ3v) is 3.41. The number of hydrogen-bond acceptors (Lipinski definition) is 3. The van der Waals surface area contributed by atoms with Gasteiger partial charge in [-0.25, -0.2) is 0 Å². The molecule has 2 rings (SSSR count). The van der Waals surface area contributed by atoms with E-state index in [0.717, 1.165) is 21.3 Å². The Hall–Kier alpha value is -1.39. The van der Waals surface area contributed by atoms with Gasteiger partial charge in [0.05, 0.1) is 12.8 Å². The Balaban J connectivity index is 2.20. The van der Waals surface area contributed by atoms with E-state index in [2.05, 4.69) is 20.9 Å². The number of aliphatic hydroxyl groups is 1. The van der Waals surface area contributed by atoms with Crippen LogP contribution in [0.1, 0.15) is 22.9 Å². The van der Waals surface area contributed by atoms with Gasteiger partial charge in [0.25, 0.3) is 0 Å². The molecule has 1 unspecified atom stereocenters. The number of rotatable bonds is 4. The number of pyridine rings is 1. The molecular formula is C15H16BrNO2. The van der Waals surface area contributed by atoms with Crippen LogP contribution in [-0.4, -0.2) is 17.2 Å². The van der Waals surface area contributed by atoms with Gasteiger partial charge in [-0.1, -0.05) is 17.7 Å². The smallest absolute Gasteiger partial charge is 0.122 e. The van der Waals surface area contributed by atoms with E-state index in [4.69, 9.17) is 4.74 Å². The molecule has 0 saturated carbocycles. The molecule has 4 heteroatoms. The van der Waals surface area contributed by atoms with Crippen molar-refractivity contribution in [3.05, 3.63) is 57.8 Å². The van der Waals surface area contributed by atoms with Gasteiger partial charge in [0.1, 0.15) is 11.9 Å². The fourth-order valence-corrected chi connectivity index (χ4v) is 2.20. The second-order valence-electron chi connectivity index (χ2n) is 4.44. The van der Waals surface area contributed by atoms with Gasteiger partial charge >= 0.3 is 0 Å². The first kappa shape index (κ1) is 14.0. The summed E-state index contributed by atoms with van der Waals surface area (Å²) >= 11 is 3.33. The minimum Gasteiger partial charge on any atom is -0.496 e. The van der Waals surface area contributed by atoms with Crippen LogP contribution in [0.4, 0.5) is 0 Å². The molecule has 0 aliphatic carbocycles. The Bertz CT molecular complexity index is 555. The Morgan fingerprint density at radius 1 is 1.32 bits per heavy atom. The maximum atomic E-state index is 10.2. The first-order chi connectivity index (χ1) is 9.10. The van der Waals surface area contributed by atoms with Gasteiger partial charge in [-0.3, -0.25) is 4.98 Å². The summed E-state index contributed by atoms with van der Waals surface area (Å²) in [5.41, 5.74) is 2.79. The number of benzene rings is 1. The second-order valence-corrected chi connectivity index (χ2v) is 5.35. The van der Waals surface area contributed by atoms with Crippen molar-refractivity contribution in [2.75, 3.05) is 7.11 Å². The van der Waals surface area contributed by atoms with Crippen LogP contribution >= 0.6 is 15.9 Å². The summed E-state index contributed by atoms with van der Waals surface area (Å²) in [6, 6.07) is 9.63. The van der Waals surface area contributed by atoms with Crippen molar-refractivity contribution >= 4 is 15.9 Å². The maximum absolute atomic E-state index is 10.2. The molecule has 1 aromatic carbocycles. The van der Waals surface area contributed by atoms with Gasteiger partial charge in [0.15, 0.2) is 0 Å². The highest BCUT2D eigenvalue weighted by molar-refractivity contribution is 9.10. The molecule has 0 aliphatic heterocycles. The van der Waals surface area contributed by atoms with Gasteiger partial charge in [-0.15, -0.1) is 0 Å². The standard InChI is InChI=1S/C15H16BrNO2/c1-10-3-6-15(19-2)11(7-10)8-14(18)13-5-4-12(16)9-17-13/h3-7,9,14,18H,8H2,1-2H3. The van der Waals surface area contributed by atoms with Crippen molar-refractivity contribution in [3.63, 3.8) is 0 Å². The van der Waals surface area contributed by atoms with E-state index in [9.17, 15) is 5.11 Å². The molecule has 3 nitrogen and oxygen atoms in total. The molecule has 2 aromatic rings. The predicted octanol–water partition coefficient (Wildman–Crippen LogP) is 3.44. The lowest BCUT2D eigenvalue weighted by Gasteiger charge is -2.14. The summed E-state index contributed by atoms with van der Waals surface area (Å²) in [4.78, 5) is 4.21. The number of aryl methyl sites for hydroxylation is 1. The lowest BCUT2D eigenvalue weighted by molar-refractivity contribution is 0.172. The Labute approximate surface area is 121 Å². The summed E-state index contributed by atoms with van der Waals surface area (Å²) in [7, 11) is 1.64. The molecule has 0 saturated heterocycles. The van der Waals surface area contributed by atoms with Gasteiger partial charge in [-0.2, -0.15) is 0 Å². The summed E-state index contributed by atoms with van der Waals surface area (Å²) in [6.45, 7) is 2.02. The minimum atomic E-state index is -0.635. The third-order valence-electron chi connectivity index (χ3n) is 2.94. The number of nitrogens with zero attached hydrogens (tertiary/aromatic N) is 1. The molecule has 0 radical (unpaired) electrons. The van der Waals surface area contributed by atoms with Crippen LogP contribution in [0.5, 0.6) is 5.75 Å². The molecule has 0 aliphatic rings. The first-order valence-electron chi connectivity index (χ1n) is 6.03. The number of aliphatic hydroxyl groups excluding tert-OH is 1. The maximum Gasteiger partial charge on any atom is 0.122 e. The highest BCUT2D eigenvalue weighted by Crippen LogP contribution is 2.25. The van der Waals surface area contributed by atoms with E-state index in [1.54, 1.807) is 13.3 Å². The molecule has 100 valence electrons. The SMILES string of the molecule is COc1ccc(C)cc1CC(O)c1ccc(Br)cn1. The van der Waals surface area contributed by atoms with Crippen LogP contribution in [0.15, 0.2) is 41.0 Å². The van der Waals surface area contributed by atoms with E-state index in [-0.39, 0.29) is 0 Å². The third kappa shape index (κ3) is 3.55. The molecule has 1 atom stereocenters. The average Bonchev–Trinajstić information content (AvgIpc) is 2.39. The average molecular weight is 322 g/mol. The monoisotopic (exact) mass is 321 g/mol. The Kier molecular flexibility index (Phi) is 4.56. The molecule has 0 spiro atoms. The van der Waals surface area contributed by atoms with Crippen LogP contribution in [-0.2, 0) is 6.42 Å². The van der Waals surface area contributed by atoms with Gasteiger partial charge in [0.2, 0.25) is 0 Å². The lowest BCUT2D eigenvalue weighted by atomic mass is 10.0. The molecule has 19 heavy (non-hydrogen) atoms. The summed E-state index contributed by atoms with van der Waals surface area (Å²) in [5.74, 6) is 0.793. The summed E-state index contributed by atoms with van der Waals surface area (Å²) in [6.07, 6.45) is 1.54. The van der Waals surface area contributed by atoms with E-state index < -0.39 is 6.10 Å². The van der Waals surface area contributed by atoms with Gasteiger partial charge in [-0.05, 0) is 46.6 Å².